The molecule has 0 aromatic heterocycles. The molecular weight excluding hydrogens is 330 g/mol. The Hall–Kier alpha value is -2.22. The first-order valence-electron chi connectivity index (χ1n) is 7.19. The smallest absolute Gasteiger partial charge is 0.343 e. The topological polar surface area (TPSA) is 72.9 Å². The Morgan fingerprint density at radius 3 is 2.21 bits per heavy atom. The Labute approximate surface area is 141 Å². The number of hydrogen-bond donors (Lipinski definition) is 0. The van der Waals surface area contributed by atoms with E-state index in [-0.39, 0.29) is 10.5 Å². The van der Waals surface area contributed by atoms with Crippen molar-refractivity contribution in [1.29, 1.82) is 0 Å². The van der Waals surface area contributed by atoms with Gasteiger partial charge in [0.05, 0.1) is 17.6 Å². The molecule has 2 rings (SSSR count). The lowest BCUT2D eigenvalue weighted by Crippen LogP contribution is -2.26. The van der Waals surface area contributed by atoms with Crippen molar-refractivity contribution in [2.75, 3.05) is 14.2 Å². The van der Waals surface area contributed by atoms with Crippen molar-refractivity contribution in [2.24, 2.45) is 0 Å². The standard InChI is InChI=1S/C17H19NO5S/c1-12-7-5-8-13(2)16(12)23-17(19)14-9-6-10-15(11-14)24(20,21)18(3)22-4/h5-11H,1-4H3. The van der Waals surface area contributed by atoms with E-state index in [2.05, 4.69) is 0 Å². The number of nitrogens with zero attached hydrogens (tertiary/aromatic N) is 1. The third-order valence-electron chi connectivity index (χ3n) is 3.57. The number of hydroxylamine groups is 1. The second kappa shape index (κ2) is 7.12. The minimum absolute atomic E-state index is 0.0530. The molecule has 0 amide bonds. The number of esters is 1. The van der Waals surface area contributed by atoms with Gasteiger partial charge in [-0.1, -0.05) is 28.7 Å². The van der Waals surface area contributed by atoms with E-state index in [4.69, 9.17) is 9.57 Å². The Kier molecular flexibility index (Phi) is 5.38. The van der Waals surface area contributed by atoms with Crippen LogP contribution in [0.25, 0.3) is 0 Å². The van der Waals surface area contributed by atoms with Gasteiger partial charge < -0.3 is 4.74 Å². The van der Waals surface area contributed by atoms with Crippen LogP contribution in [0.3, 0.4) is 0 Å². The average molecular weight is 349 g/mol. The monoisotopic (exact) mass is 349 g/mol. The number of rotatable bonds is 5. The summed E-state index contributed by atoms with van der Waals surface area (Å²) in [5, 5.41) is 0. The highest BCUT2D eigenvalue weighted by molar-refractivity contribution is 7.89. The van der Waals surface area contributed by atoms with Crippen molar-refractivity contribution in [3.63, 3.8) is 0 Å². The van der Waals surface area contributed by atoms with Gasteiger partial charge in [0.1, 0.15) is 5.75 Å². The van der Waals surface area contributed by atoms with Crippen molar-refractivity contribution in [2.45, 2.75) is 18.7 Å². The largest absolute Gasteiger partial charge is 0.422 e. The number of ether oxygens (including phenoxy) is 1. The molecule has 0 spiro atoms. The van der Waals surface area contributed by atoms with Crippen molar-refractivity contribution >= 4 is 16.0 Å². The Balaban J connectivity index is 2.34. The zero-order valence-corrected chi connectivity index (χ0v) is 14.8. The van der Waals surface area contributed by atoms with E-state index >= 15 is 0 Å². The summed E-state index contributed by atoms with van der Waals surface area (Å²) in [6.45, 7) is 3.67. The minimum atomic E-state index is -3.83. The predicted molar refractivity (Wildman–Crippen MR) is 89.3 cm³/mol. The van der Waals surface area contributed by atoms with Crippen molar-refractivity contribution in [1.82, 2.24) is 4.47 Å². The van der Waals surface area contributed by atoms with Crippen LogP contribution in [0.4, 0.5) is 0 Å². The molecular formula is C17H19NO5S. The first kappa shape index (κ1) is 18.1. The molecule has 6 nitrogen and oxygen atoms in total. The normalized spacial score (nSPS) is 11.5. The molecule has 0 saturated carbocycles. The molecule has 0 fully saturated rings. The van der Waals surface area contributed by atoms with E-state index < -0.39 is 16.0 Å². The van der Waals surface area contributed by atoms with Crippen LogP contribution in [-0.2, 0) is 14.9 Å². The van der Waals surface area contributed by atoms with Gasteiger partial charge in [0.15, 0.2) is 0 Å². The number of benzene rings is 2. The van der Waals surface area contributed by atoms with E-state index in [0.29, 0.717) is 5.75 Å². The molecule has 0 aliphatic rings. The summed E-state index contributed by atoms with van der Waals surface area (Å²) in [7, 11) is -1.31. The summed E-state index contributed by atoms with van der Waals surface area (Å²) in [6.07, 6.45) is 0. The van der Waals surface area contributed by atoms with Crippen LogP contribution in [0.1, 0.15) is 21.5 Å². The maximum atomic E-state index is 12.4. The number of carbonyl (C=O) groups is 1. The average Bonchev–Trinajstić information content (AvgIpc) is 2.57. The summed E-state index contributed by atoms with van der Waals surface area (Å²) in [5.41, 5.74) is 1.79. The van der Waals surface area contributed by atoms with Crippen LogP contribution in [0.15, 0.2) is 47.4 Å². The molecule has 2 aromatic carbocycles. The number of hydrogen-bond acceptors (Lipinski definition) is 5. The first-order valence-corrected chi connectivity index (χ1v) is 8.63. The fraction of sp³-hybridized carbons (Fsp3) is 0.235. The fourth-order valence-corrected chi connectivity index (χ4v) is 3.16. The molecule has 0 atom stereocenters. The molecule has 0 bridgehead atoms. The SMILES string of the molecule is CON(C)S(=O)(=O)c1cccc(C(=O)Oc2c(C)cccc2C)c1. The van der Waals surface area contributed by atoms with Crippen LogP contribution in [0.2, 0.25) is 0 Å². The first-order chi connectivity index (χ1) is 11.3. The Morgan fingerprint density at radius 2 is 1.62 bits per heavy atom. The molecule has 0 heterocycles. The van der Waals surface area contributed by atoms with Gasteiger partial charge in [-0.05, 0) is 43.2 Å². The molecule has 0 unspecified atom stereocenters. The lowest BCUT2D eigenvalue weighted by Gasteiger charge is -2.15. The maximum Gasteiger partial charge on any atom is 0.343 e. The molecule has 0 aliphatic carbocycles. The molecule has 2 aromatic rings. The molecule has 128 valence electrons. The van der Waals surface area contributed by atoms with Crippen LogP contribution >= 0.6 is 0 Å². The number of carbonyl (C=O) groups excluding carboxylic acids is 1. The van der Waals surface area contributed by atoms with Gasteiger partial charge in [0.2, 0.25) is 0 Å². The molecule has 24 heavy (non-hydrogen) atoms. The van der Waals surface area contributed by atoms with E-state index in [9.17, 15) is 13.2 Å². The second-order valence-electron chi connectivity index (χ2n) is 5.24. The van der Waals surface area contributed by atoms with Gasteiger partial charge in [-0.2, -0.15) is 0 Å². The molecule has 0 saturated heterocycles. The van der Waals surface area contributed by atoms with Gasteiger partial charge in [-0.3, -0.25) is 4.84 Å². The summed E-state index contributed by atoms with van der Waals surface area (Å²) in [5.74, 6) is -0.144. The summed E-state index contributed by atoms with van der Waals surface area (Å²) < 4.78 is 30.7. The second-order valence-corrected chi connectivity index (χ2v) is 7.17. The Bertz CT molecular complexity index is 841. The lowest BCUT2D eigenvalue weighted by molar-refractivity contribution is -0.0258. The van der Waals surface area contributed by atoms with Gasteiger partial charge >= 0.3 is 5.97 Å². The molecule has 0 radical (unpaired) electrons. The van der Waals surface area contributed by atoms with Crippen molar-refractivity contribution < 1.29 is 22.8 Å². The van der Waals surface area contributed by atoms with Crippen LogP contribution in [0.5, 0.6) is 5.75 Å². The summed E-state index contributed by atoms with van der Waals surface area (Å²) in [6, 6.07) is 11.2. The van der Waals surface area contributed by atoms with Crippen molar-refractivity contribution in [3.8, 4) is 5.75 Å². The van der Waals surface area contributed by atoms with E-state index in [1.165, 1.54) is 38.4 Å². The number of sulfonamides is 1. The van der Waals surface area contributed by atoms with E-state index in [1.807, 2.05) is 32.0 Å². The van der Waals surface area contributed by atoms with Gasteiger partial charge in [-0.25, -0.2) is 13.2 Å². The number of aryl methyl sites for hydroxylation is 2. The quantitative estimate of drug-likeness (QED) is 0.471. The van der Waals surface area contributed by atoms with Crippen molar-refractivity contribution in [3.05, 3.63) is 59.2 Å². The third kappa shape index (κ3) is 3.64. The third-order valence-corrected chi connectivity index (χ3v) is 5.24. The fourth-order valence-electron chi connectivity index (χ4n) is 2.14. The Morgan fingerprint density at radius 1 is 1.04 bits per heavy atom. The maximum absolute atomic E-state index is 12.4. The molecule has 0 N–H and O–H groups in total. The van der Waals surface area contributed by atoms with Crippen LogP contribution in [-0.4, -0.2) is 33.0 Å². The highest BCUT2D eigenvalue weighted by atomic mass is 32.2. The van der Waals surface area contributed by atoms with E-state index in [1.54, 1.807) is 0 Å². The summed E-state index contributed by atoms with van der Waals surface area (Å²) >= 11 is 0. The highest BCUT2D eigenvalue weighted by Gasteiger charge is 2.22. The number of para-hydroxylation sites is 1. The predicted octanol–water partition coefficient (Wildman–Crippen LogP) is 2.70. The molecule has 0 aliphatic heterocycles. The zero-order chi connectivity index (χ0) is 17.9. The summed E-state index contributed by atoms with van der Waals surface area (Å²) in [4.78, 5) is 17.0. The van der Waals surface area contributed by atoms with Crippen LogP contribution < -0.4 is 4.74 Å². The van der Waals surface area contributed by atoms with Crippen LogP contribution in [0, 0.1) is 13.8 Å². The minimum Gasteiger partial charge on any atom is -0.422 e. The van der Waals surface area contributed by atoms with Gasteiger partial charge in [-0.15, -0.1) is 0 Å². The molecule has 7 heteroatoms. The van der Waals surface area contributed by atoms with Gasteiger partial charge in [0, 0.05) is 7.05 Å². The van der Waals surface area contributed by atoms with Gasteiger partial charge in [0.25, 0.3) is 10.0 Å². The lowest BCUT2D eigenvalue weighted by atomic mass is 10.1. The highest BCUT2D eigenvalue weighted by Crippen LogP contribution is 2.24. The van der Waals surface area contributed by atoms with E-state index in [0.717, 1.165) is 15.6 Å². The zero-order valence-electron chi connectivity index (χ0n) is 13.9.